The minimum atomic E-state index is 0.0129. The van der Waals surface area contributed by atoms with Gasteiger partial charge in [0.15, 0.2) is 5.78 Å². The molecule has 0 aliphatic rings. The third-order valence-corrected chi connectivity index (χ3v) is 4.49. The van der Waals surface area contributed by atoms with E-state index < -0.39 is 0 Å². The second-order valence-electron chi connectivity index (χ2n) is 6.21. The second kappa shape index (κ2) is 7.20. The Morgan fingerprint density at radius 1 is 0.654 bits per heavy atom. The van der Waals surface area contributed by atoms with Gasteiger partial charge in [0.2, 0.25) is 0 Å². The molecule has 0 heterocycles. The number of hydrogen-bond acceptors (Lipinski definition) is 1. The highest BCUT2D eigenvalue weighted by molar-refractivity contribution is 6.07. The van der Waals surface area contributed by atoms with Crippen molar-refractivity contribution in [2.45, 2.75) is 0 Å². The predicted octanol–water partition coefficient (Wildman–Crippen LogP) is 6.40. The van der Waals surface area contributed by atoms with Crippen LogP contribution in [0.4, 0.5) is 0 Å². The molecule has 0 unspecified atom stereocenters. The molecule has 0 N–H and O–H groups in total. The van der Waals surface area contributed by atoms with Gasteiger partial charge in [-0.3, -0.25) is 4.79 Å². The maximum atomic E-state index is 12.4. The van der Waals surface area contributed by atoms with E-state index in [1.807, 2.05) is 60.7 Å². The SMILES string of the molecule is O=C(C=Cc1ccccc1-c1ccc2ccccc2c1)c1ccccc1. The summed E-state index contributed by atoms with van der Waals surface area (Å²) >= 11 is 0. The predicted molar refractivity (Wildman–Crippen MR) is 109 cm³/mol. The van der Waals surface area contributed by atoms with Crippen LogP contribution in [0, 0.1) is 0 Å². The first-order valence-electron chi connectivity index (χ1n) is 8.67. The Labute approximate surface area is 153 Å². The van der Waals surface area contributed by atoms with Gasteiger partial charge < -0.3 is 0 Å². The molecule has 4 rings (SSSR count). The number of allylic oxidation sites excluding steroid dienone is 1. The van der Waals surface area contributed by atoms with Gasteiger partial charge in [-0.05, 0) is 39.6 Å². The zero-order valence-corrected chi connectivity index (χ0v) is 14.3. The number of rotatable bonds is 4. The lowest BCUT2D eigenvalue weighted by Crippen LogP contribution is -1.93. The van der Waals surface area contributed by atoms with E-state index in [-0.39, 0.29) is 5.78 Å². The first-order chi connectivity index (χ1) is 12.8. The molecule has 0 amide bonds. The topological polar surface area (TPSA) is 17.1 Å². The van der Waals surface area contributed by atoms with Crippen LogP contribution in [0.3, 0.4) is 0 Å². The maximum absolute atomic E-state index is 12.4. The average molecular weight is 334 g/mol. The van der Waals surface area contributed by atoms with Gasteiger partial charge in [-0.15, -0.1) is 0 Å². The highest BCUT2D eigenvalue weighted by Gasteiger charge is 2.05. The Morgan fingerprint density at radius 3 is 2.19 bits per heavy atom. The lowest BCUT2D eigenvalue weighted by Gasteiger charge is -2.08. The van der Waals surface area contributed by atoms with Crippen molar-refractivity contribution in [1.29, 1.82) is 0 Å². The van der Waals surface area contributed by atoms with Crippen molar-refractivity contribution < 1.29 is 4.79 Å². The van der Waals surface area contributed by atoms with Crippen LogP contribution in [-0.2, 0) is 0 Å². The Hall–Kier alpha value is -3.45. The van der Waals surface area contributed by atoms with E-state index in [9.17, 15) is 4.79 Å². The van der Waals surface area contributed by atoms with E-state index in [1.165, 1.54) is 10.8 Å². The third kappa shape index (κ3) is 3.33. The van der Waals surface area contributed by atoms with Crippen LogP contribution in [0.2, 0.25) is 0 Å². The Kier molecular flexibility index (Phi) is 4.44. The van der Waals surface area contributed by atoms with Gasteiger partial charge in [0, 0.05) is 5.56 Å². The highest BCUT2D eigenvalue weighted by Crippen LogP contribution is 2.28. The maximum Gasteiger partial charge on any atom is 0.185 e. The summed E-state index contributed by atoms with van der Waals surface area (Å²) in [4.78, 5) is 12.4. The lowest BCUT2D eigenvalue weighted by molar-refractivity contribution is 0.104. The Bertz CT molecular complexity index is 1090. The average Bonchev–Trinajstić information content (AvgIpc) is 2.72. The summed E-state index contributed by atoms with van der Waals surface area (Å²) < 4.78 is 0. The van der Waals surface area contributed by atoms with Crippen molar-refractivity contribution in [2.75, 3.05) is 0 Å². The molecule has 4 aromatic rings. The summed E-state index contributed by atoms with van der Waals surface area (Å²) in [5.74, 6) is 0.0129. The van der Waals surface area contributed by atoms with Crippen molar-refractivity contribution >= 4 is 22.6 Å². The number of hydrogen-bond donors (Lipinski definition) is 0. The molecule has 0 bridgehead atoms. The third-order valence-electron chi connectivity index (χ3n) is 4.49. The molecule has 0 atom stereocenters. The first kappa shape index (κ1) is 16.0. The van der Waals surface area contributed by atoms with Crippen LogP contribution in [0.25, 0.3) is 28.0 Å². The molecule has 26 heavy (non-hydrogen) atoms. The van der Waals surface area contributed by atoms with Gasteiger partial charge in [-0.1, -0.05) is 97.1 Å². The fraction of sp³-hybridized carbons (Fsp3) is 0. The van der Waals surface area contributed by atoms with Crippen molar-refractivity contribution in [3.8, 4) is 11.1 Å². The van der Waals surface area contributed by atoms with Gasteiger partial charge in [0.1, 0.15) is 0 Å². The number of carbonyl (C=O) groups is 1. The molecule has 124 valence electrons. The van der Waals surface area contributed by atoms with Gasteiger partial charge in [-0.2, -0.15) is 0 Å². The summed E-state index contributed by atoms with van der Waals surface area (Å²) in [5, 5.41) is 2.44. The summed E-state index contributed by atoms with van der Waals surface area (Å²) in [5.41, 5.74) is 4.01. The quantitative estimate of drug-likeness (QED) is 0.311. The lowest BCUT2D eigenvalue weighted by atomic mass is 9.96. The Morgan fingerprint density at radius 2 is 1.35 bits per heavy atom. The van der Waals surface area contributed by atoms with E-state index in [0.29, 0.717) is 5.56 Å². The van der Waals surface area contributed by atoms with Crippen LogP contribution < -0.4 is 0 Å². The summed E-state index contributed by atoms with van der Waals surface area (Å²) in [7, 11) is 0. The summed E-state index contributed by atoms with van der Waals surface area (Å²) in [6.45, 7) is 0. The monoisotopic (exact) mass is 334 g/mol. The molecule has 1 heteroatoms. The normalized spacial score (nSPS) is 11.1. The van der Waals surface area contributed by atoms with Crippen LogP contribution in [-0.4, -0.2) is 5.78 Å². The highest BCUT2D eigenvalue weighted by atomic mass is 16.1. The molecular weight excluding hydrogens is 316 g/mol. The van der Waals surface area contributed by atoms with Crippen molar-refractivity contribution in [2.24, 2.45) is 0 Å². The van der Waals surface area contributed by atoms with E-state index in [0.717, 1.165) is 16.7 Å². The van der Waals surface area contributed by atoms with E-state index >= 15 is 0 Å². The number of carbonyl (C=O) groups excluding carboxylic acids is 1. The zero-order chi connectivity index (χ0) is 17.8. The number of benzene rings is 4. The van der Waals surface area contributed by atoms with E-state index in [2.05, 4.69) is 42.5 Å². The Balaban J connectivity index is 1.70. The van der Waals surface area contributed by atoms with Crippen LogP contribution >= 0.6 is 0 Å². The molecule has 0 aromatic heterocycles. The van der Waals surface area contributed by atoms with Crippen LogP contribution in [0.5, 0.6) is 0 Å². The molecule has 0 aliphatic carbocycles. The standard InChI is InChI=1S/C25H18O/c26-25(21-10-2-1-3-11-21)17-16-20-9-6-7-13-24(20)23-15-14-19-8-4-5-12-22(19)18-23/h1-18H. The zero-order valence-electron chi connectivity index (χ0n) is 14.3. The van der Waals surface area contributed by atoms with Crippen molar-refractivity contribution in [3.05, 3.63) is 114 Å². The first-order valence-corrected chi connectivity index (χ1v) is 8.67. The molecule has 1 nitrogen and oxygen atoms in total. The van der Waals surface area contributed by atoms with Crippen LogP contribution in [0.1, 0.15) is 15.9 Å². The molecule has 0 saturated carbocycles. The summed E-state index contributed by atoms with van der Waals surface area (Å²) in [6, 6.07) is 32.3. The van der Waals surface area contributed by atoms with Crippen molar-refractivity contribution in [3.63, 3.8) is 0 Å². The van der Waals surface area contributed by atoms with Gasteiger partial charge in [0.25, 0.3) is 0 Å². The molecular formula is C25H18O. The van der Waals surface area contributed by atoms with Gasteiger partial charge in [-0.25, -0.2) is 0 Å². The fourth-order valence-corrected chi connectivity index (χ4v) is 3.13. The minimum absolute atomic E-state index is 0.0129. The van der Waals surface area contributed by atoms with Crippen LogP contribution in [0.15, 0.2) is 103 Å². The molecule has 0 aliphatic heterocycles. The van der Waals surface area contributed by atoms with Gasteiger partial charge in [0.05, 0.1) is 0 Å². The van der Waals surface area contributed by atoms with E-state index in [1.54, 1.807) is 6.08 Å². The summed E-state index contributed by atoms with van der Waals surface area (Å²) in [6.07, 6.45) is 3.55. The molecule has 0 spiro atoms. The number of fused-ring (bicyclic) bond motifs is 1. The number of ketones is 1. The largest absolute Gasteiger partial charge is 0.289 e. The molecule has 4 aromatic carbocycles. The fourth-order valence-electron chi connectivity index (χ4n) is 3.13. The van der Waals surface area contributed by atoms with E-state index in [4.69, 9.17) is 0 Å². The van der Waals surface area contributed by atoms with Gasteiger partial charge >= 0.3 is 0 Å². The molecule has 0 saturated heterocycles. The molecule has 0 fully saturated rings. The second-order valence-corrected chi connectivity index (χ2v) is 6.21. The van der Waals surface area contributed by atoms with Crippen molar-refractivity contribution in [1.82, 2.24) is 0 Å². The minimum Gasteiger partial charge on any atom is -0.289 e. The molecule has 0 radical (unpaired) electrons. The smallest absolute Gasteiger partial charge is 0.185 e.